The number of hydrogen-bond acceptors (Lipinski definition) is 5. The molecule has 2 N–H and O–H groups in total. The van der Waals surface area contributed by atoms with Crippen LogP contribution in [-0.4, -0.2) is 70.8 Å². The van der Waals surface area contributed by atoms with E-state index in [2.05, 4.69) is 15.5 Å². The number of carbonyl (C=O) groups is 1. The van der Waals surface area contributed by atoms with Crippen LogP contribution in [0.3, 0.4) is 0 Å². The lowest BCUT2D eigenvalue weighted by molar-refractivity contribution is 0.0947. The number of piperazine rings is 1. The molecule has 1 amide bonds. The van der Waals surface area contributed by atoms with Gasteiger partial charge in [0.05, 0.1) is 11.4 Å². The first-order valence-corrected chi connectivity index (χ1v) is 9.99. The zero-order valence-electron chi connectivity index (χ0n) is 14.1. The zero-order chi connectivity index (χ0) is 17.0. The van der Waals surface area contributed by atoms with Crippen molar-refractivity contribution < 1.29 is 13.2 Å². The summed E-state index contributed by atoms with van der Waals surface area (Å²) in [6.07, 6.45) is 0.628. The molecule has 25 heavy (non-hydrogen) atoms. The molecule has 2 saturated heterocycles. The average molecular weight is 389 g/mol. The molecule has 2 aliphatic heterocycles. The van der Waals surface area contributed by atoms with Crippen LogP contribution < -0.4 is 14.9 Å². The number of amides is 1. The van der Waals surface area contributed by atoms with Crippen molar-refractivity contribution in [2.45, 2.75) is 6.42 Å². The minimum absolute atomic E-state index is 0. The molecule has 0 atom stereocenters. The average Bonchev–Trinajstić information content (AvgIpc) is 2.95. The molecule has 9 heteroatoms. The van der Waals surface area contributed by atoms with E-state index in [-0.39, 0.29) is 24.1 Å². The number of halogens is 1. The monoisotopic (exact) mass is 388 g/mol. The van der Waals surface area contributed by atoms with Crippen LogP contribution in [0.25, 0.3) is 0 Å². The minimum Gasteiger partial charge on any atom is -0.351 e. The SMILES string of the molecule is Cl.O=C(NCCN1CCNCC1)c1cccc(N2CCCS2(=O)=O)c1. The predicted molar refractivity (Wildman–Crippen MR) is 101 cm³/mol. The van der Waals surface area contributed by atoms with Crippen LogP contribution in [0.1, 0.15) is 16.8 Å². The summed E-state index contributed by atoms with van der Waals surface area (Å²) < 4.78 is 25.4. The van der Waals surface area contributed by atoms with Crippen molar-refractivity contribution in [2.75, 3.05) is 55.9 Å². The van der Waals surface area contributed by atoms with Crippen molar-refractivity contribution >= 4 is 34.0 Å². The van der Waals surface area contributed by atoms with Crippen molar-refractivity contribution in [3.05, 3.63) is 29.8 Å². The highest BCUT2D eigenvalue weighted by Crippen LogP contribution is 2.24. The molecule has 0 bridgehead atoms. The van der Waals surface area contributed by atoms with E-state index in [0.29, 0.717) is 30.8 Å². The maximum Gasteiger partial charge on any atom is 0.251 e. The second-order valence-electron chi connectivity index (χ2n) is 6.14. The fraction of sp³-hybridized carbons (Fsp3) is 0.562. The molecule has 3 rings (SSSR count). The molecule has 0 spiro atoms. The molecule has 0 unspecified atom stereocenters. The quantitative estimate of drug-likeness (QED) is 0.757. The fourth-order valence-electron chi connectivity index (χ4n) is 3.10. The Morgan fingerprint density at radius 1 is 1.20 bits per heavy atom. The maximum absolute atomic E-state index is 12.3. The van der Waals surface area contributed by atoms with Crippen molar-refractivity contribution in [1.82, 2.24) is 15.5 Å². The molecule has 1 aromatic carbocycles. The molecular weight excluding hydrogens is 364 g/mol. The van der Waals surface area contributed by atoms with Gasteiger partial charge in [0.25, 0.3) is 5.91 Å². The number of anilines is 1. The van der Waals surface area contributed by atoms with Crippen LogP contribution >= 0.6 is 12.4 Å². The third kappa shape index (κ3) is 5.07. The summed E-state index contributed by atoms with van der Waals surface area (Å²) in [5, 5.41) is 6.21. The van der Waals surface area contributed by atoms with Crippen LogP contribution in [-0.2, 0) is 10.0 Å². The Balaban J connectivity index is 0.00000225. The lowest BCUT2D eigenvalue weighted by Crippen LogP contribution is -2.46. The Bertz CT molecular complexity index is 692. The van der Waals surface area contributed by atoms with Crippen molar-refractivity contribution in [3.63, 3.8) is 0 Å². The summed E-state index contributed by atoms with van der Waals surface area (Å²) in [6.45, 7) is 5.87. The normalized spacial score (nSPS) is 20.1. The predicted octanol–water partition coefficient (Wildman–Crippen LogP) is 0.283. The molecule has 0 radical (unpaired) electrons. The van der Waals surface area contributed by atoms with Crippen molar-refractivity contribution in [2.24, 2.45) is 0 Å². The largest absolute Gasteiger partial charge is 0.351 e. The number of rotatable bonds is 5. The molecule has 2 aliphatic rings. The van der Waals surface area contributed by atoms with Gasteiger partial charge in [0.2, 0.25) is 10.0 Å². The molecule has 2 fully saturated rings. The lowest BCUT2D eigenvalue weighted by Gasteiger charge is -2.27. The van der Waals surface area contributed by atoms with E-state index in [4.69, 9.17) is 0 Å². The van der Waals surface area contributed by atoms with E-state index in [9.17, 15) is 13.2 Å². The molecule has 0 saturated carbocycles. The number of benzene rings is 1. The van der Waals surface area contributed by atoms with E-state index in [1.165, 1.54) is 4.31 Å². The van der Waals surface area contributed by atoms with Gasteiger partial charge < -0.3 is 10.6 Å². The van der Waals surface area contributed by atoms with Crippen LogP contribution in [0.2, 0.25) is 0 Å². The Labute approximate surface area is 155 Å². The Morgan fingerprint density at radius 3 is 2.64 bits per heavy atom. The molecule has 0 aliphatic carbocycles. The lowest BCUT2D eigenvalue weighted by atomic mass is 10.2. The first kappa shape index (κ1) is 20.0. The minimum atomic E-state index is -3.23. The summed E-state index contributed by atoms with van der Waals surface area (Å²) in [4.78, 5) is 14.6. The second-order valence-corrected chi connectivity index (χ2v) is 8.15. The van der Waals surface area contributed by atoms with Crippen LogP contribution in [0, 0.1) is 0 Å². The van der Waals surface area contributed by atoms with Gasteiger partial charge in [0, 0.05) is 51.4 Å². The fourth-order valence-corrected chi connectivity index (χ4v) is 4.65. The summed E-state index contributed by atoms with van der Waals surface area (Å²) >= 11 is 0. The molecule has 2 heterocycles. The number of nitrogens with zero attached hydrogens (tertiary/aromatic N) is 2. The Kier molecular flexibility index (Phi) is 7.06. The molecular formula is C16H25ClN4O3S. The molecule has 7 nitrogen and oxygen atoms in total. The van der Waals surface area contributed by atoms with Gasteiger partial charge >= 0.3 is 0 Å². The van der Waals surface area contributed by atoms with Crippen molar-refractivity contribution in [1.29, 1.82) is 0 Å². The highest BCUT2D eigenvalue weighted by atomic mass is 35.5. The topological polar surface area (TPSA) is 81.8 Å². The van der Waals surface area contributed by atoms with Gasteiger partial charge in [0.15, 0.2) is 0 Å². The first-order chi connectivity index (χ1) is 11.6. The number of hydrogen-bond donors (Lipinski definition) is 2. The van der Waals surface area contributed by atoms with Gasteiger partial charge in [-0.25, -0.2) is 8.42 Å². The van der Waals surface area contributed by atoms with E-state index >= 15 is 0 Å². The summed E-state index contributed by atoms with van der Waals surface area (Å²) in [5.74, 6) is 0.0114. The van der Waals surface area contributed by atoms with E-state index < -0.39 is 10.0 Å². The van der Waals surface area contributed by atoms with Gasteiger partial charge in [-0.05, 0) is 24.6 Å². The highest BCUT2D eigenvalue weighted by Gasteiger charge is 2.28. The van der Waals surface area contributed by atoms with Gasteiger partial charge in [-0.3, -0.25) is 14.0 Å². The standard InChI is InChI=1S/C16H24N4O3S.ClH/c21-16(18-7-11-19-9-5-17-6-10-19)14-3-1-4-15(13-14)20-8-2-12-24(20,22)23;/h1,3-4,13,17H,2,5-12H2,(H,18,21);1H. The van der Waals surface area contributed by atoms with Crippen LogP contribution in [0.4, 0.5) is 5.69 Å². The maximum atomic E-state index is 12.3. The van der Waals surface area contributed by atoms with E-state index in [1.54, 1.807) is 24.3 Å². The zero-order valence-corrected chi connectivity index (χ0v) is 15.7. The number of sulfonamides is 1. The van der Waals surface area contributed by atoms with Gasteiger partial charge in [-0.2, -0.15) is 0 Å². The third-order valence-corrected chi connectivity index (χ3v) is 6.29. The molecule has 1 aromatic rings. The Morgan fingerprint density at radius 2 is 1.96 bits per heavy atom. The third-order valence-electron chi connectivity index (χ3n) is 4.42. The van der Waals surface area contributed by atoms with Crippen LogP contribution in [0.15, 0.2) is 24.3 Å². The van der Waals surface area contributed by atoms with Crippen LogP contribution in [0.5, 0.6) is 0 Å². The van der Waals surface area contributed by atoms with Gasteiger partial charge in [-0.1, -0.05) is 6.07 Å². The highest BCUT2D eigenvalue weighted by molar-refractivity contribution is 7.93. The first-order valence-electron chi connectivity index (χ1n) is 8.38. The number of carbonyl (C=O) groups excluding carboxylic acids is 1. The summed E-state index contributed by atoms with van der Waals surface area (Å²) in [6, 6.07) is 6.84. The van der Waals surface area contributed by atoms with Gasteiger partial charge in [0.1, 0.15) is 0 Å². The van der Waals surface area contributed by atoms with E-state index in [0.717, 1.165) is 32.7 Å². The second kappa shape index (κ2) is 8.84. The summed E-state index contributed by atoms with van der Waals surface area (Å²) in [5.41, 5.74) is 1.07. The Hall–Kier alpha value is -1.35. The summed E-state index contributed by atoms with van der Waals surface area (Å²) in [7, 11) is -3.23. The molecule has 140 valence electrons. The number of nitrogens with one attached hydrogen (secondary N) is 2. The van der Waals surface area contributed by atoms with Gasteiger partial charge in [-0.15, -0.1) is 12.4 Å². The van der Waals surface area contributed by atoms with Crippen molar-refractivity contribution in [3.8, 4) is 0 Å². The molecule has 0 aromatic heterocycles. The van der Waals surface area contributed by atoms with E-state index in [1.807, 2.05) is 0 Å². The smallest absolute Gasteiger partial charge is 0.251 e.